The molecule has 17 heavy (non-hydrogen) atoms. The molecule has 0 spiro atoms. The van der Waals surface area contributed by atoms with E-state index in [1.54, 1.807) is 0 Å². The predicted octanol–water partition coefficient (Wildman–Crippen LogP) is 2.99. The van der Waals surface area contributed by atoms with E-state index in [1.165, 1.54) is 38.6 Å². The van der Waals surface area contributed by atoms with Gasteiger partial charge in [0, 0.05) is 11.5 Å². The lowest BCUT2D eigenvalue weighted by atomic mass is 9.87. The molecule has 0 aromatic heterocycles. The molecular formula is C14H29N3. The van der Waals surface area contributed by atoms with Crippen LogP contribution in [0.2, 0.25) is 0 Å². The van der Waals surface area contributed by atoms with Crippen LogP contribution in [0.5, 0.6) is 0 Å². The Bertz CT molecular complexity index is 248. The van der Waals surface area contributed by atoms with Crippen LogP contribution >= 0.6 is 0 Å². The minimum absolute atomic E-state index is 0.148. The van der Waals surface area contributed by atoms with Gasteiger partial charge in [0.15, 0.2) is 0 Å². The summed E-state index contributed by atoms with van der Waals surface area (Å²) >= 11 is 0. The van der Waals surface area contributed by atoms with Crippen LogP contribution in [0.25, 0.3) is 0 Å². The summed E-state index contributed by atoms with van der Waals surface area (Å²) in [5, 5.41) is 7.61. The third kappa shape index (κ3) is 4.30. The van der Waals surface area contributed by atoms with E-state index in [9.17, 15) is 0 Å². The first-order chi connectivity index (χ1) is 7.97. The molecule has 1 atom stereocenters. The summed E-state index contributed by atoms with van der Waals surface area (Å²) in [6.07, 6.45) is 7.68. The van der Waals surface area contributed by atoms with Gasteiger partial charge < -0.3 is 10.6 Å². The Morgan fingerprint density at radius 2 is 2.06 bits per heavy atom. The molecule has 0 aliphatic carbocycles. The summed E-state index contributed by atoms with van der Waals surface area (Å²) in [4.78, 5) is 2.62. The minimum Gasteiger partial charge on any atom is -0.387 e. The number of rotatable bonds is 5. The fraction of sp³-hybridized carbons (Fsp3) is 0.929. The summed E-state index contributed by atoms with van der Waals surface area (Å²) in [6.45, 7) is 8.76. The molecule has 1 aliphatic heterocycles. The van der Waals surface area contributed by atoms with Gasteiger partial charge >= 0.3 is 0 Å². The van der Waals surface area contributed by atoms with Gasteiger partial charge in [0.2, 0.25) is 0 Å². The normalized spacial score (nSPS) is 23.4. The highest BCUT2D eigenvalue weighted by Crippen LogP contribution is 2.24. The zero-order chi connectivity index (χ0) is 12.9. The van der Waals surface area contributed by atoms with E-state index in [4.69, 9.17) is 11.1 Å². The molecule has 3 N–H and O–H groups in total. The second-order valence-corrected chi connectivity index (χ2v) is 5.99. The number of hydrogen-bond acceptors (Lipinski definition) is 2. The van der Waals surface area contributed by atoms with Gasteiger partial charge in [-0.3, -0.25) is 5.41 Å². The van der Waals surface area contributed by atoms with Crippen LogP contribution in [-0.4, -0.2) is 29.9 Å². The third-order valence-electron chi connectivity index (χ3n) is 4.22. The van der Waals surface area contributed by atoms with Crippen LogP contribution in [0.4, 0.5) is 0 Å². The van der Waals surface area contributed by atoms with E-state index in [2.05, 4.69) is 25.7 Å². The lowest BCUT2D eigenvalue weighted by Gasteiger charge is -2.32. The topological polar surface area (TPSA) is 53.1 Å². The van der Waals surface area contributed by atoms with Crippen molar-refractivity contribution in [3.8, 4) is 0 Å². The minimum atomic E-state index is -0.148. The van der Waals surface area contributed by atoms with Gasteiger partial charge in [0.05, 0.1) is 5.84 Å². The van der Waals surface area contributed by atoms with Crippen molar-refractivity contribution in [1.82, 2.24) is 4.90 Å². The van der Waals surface area contributed by atoms with Gasteiger partial charge in [0.25, 0.3) is 0 Å². The van der Waals surface area contributed by atoms with Crippen molar-refractivity contribution in [2.24, 2.45) is 11.1 Å². The molecule has 1 fully saturated rings. The first-order valence-electron chi connectivity index (χ1n) is 7.06. The molecule has 0 amide bonds. The lowest BCUT2D eigenvalue weighted by Crippen LogP contribution is -2.39. The SMILES string of the molecule is CCC1CCCCCN1CCC(C)(C)C(=N)N. The van der Waals surface area contributed by atoms with E-state index >= 15 is 0 Å². The highest BCUT2D eigenvalue weighted by atomic mass is 15.2. The molecule has 3 nitrogen and oxygen atoms in total. The fourth-order valence-electron chi connectivity index (χ4n) is 2.55. The van der Waals surface area contributed by atoms with E-state index in [-0.39, 0.29) is 5.41 Å². The maximum atomic E-state index is 7.61. The number of nitrogens with two attached hydrogens (primary N) is 1. The van der Waals surface area contributed by atoms with Gasteiger partial charge in [-0.1, -0.05) is 33.6 Å². The van der Waals surface area contributed by atoms with Crippen LogP contribution < -0.4 is 5.73 Å². The van der Waals surface area contributed by atoms with Crippen molar-refractivity contribution in [2.75, 3.05) is 13.1 Å². The Morgan fingerprint density at radius 1 is 1.35 bits per heavy atom. The molecule has 1 heterocycles. The van der Waals surface area contributed by atoms with Crippen molar-refractivity contribution in [1.29, 1.82) is 5.41 Å². The Balaban J connectivity index is 2.50. The van der Waals surface area contributed by atoms with Crippen molar-refractivity contribution < 1.29 is 0 Å². The Kier molecular flexibility index (Phi) is 5.44. The monoisotopic (exact) mass is 239 g/mol. The summed E-state index contributed by atoms with van der Waals surface area (Å²) in [7, 11) is 0. The summed E-state index contributed by atoms with van der Waals surface area (Å²) in [6, 6.07) is 0.750. The standard InChI is InChI=1S/C14H29N3/c1-4-12-8-6-5-7-10-17(12)11-9-14(2,3)13(15)16/h12H,4-11H2,1-3H3,(H3,15,16). The summed E-state index contributed by atoms with van der Waals surface area (Å²) in [5.74, 6) is 0.320. The smallest absolute Gasteiger partial charge is 0.0963 e. The number of nitrogens with one attached hydrogen (secondary N) is 1. The zero-order valence-electron chi connectivity index (χ0n) is 11.8. The van der Waals surface area contributed by atoms with Gasteiger partial charge in [0.1, 0.15) is 0 Å². The van der Waals surface area contributed by atoms with Crippen molar-refractivity contribution >= 4 is 5.84 Å². The lowest BCUT2D eigenvalue weighted by molar-refractivity contribution is 0.177. The van der Waals surface area contributed by atoms with Gasteiger partial charge in [-0.05, 0) is 38.8 Å². The summed E-state index contributed by atoms with van der Waals surface area (Å²) in [5.41, 5.74) is 5.50. The zero-order valence-corrected chi connectivity index (χ0v) is 11.8. The van der Waals surface area contributed by atoms with Crippen LogP contribution in [0.3, 0.4) is 0 Å². The highest BCUT2D eigenvalue weighted by Gasteiger charge is 2.25. The largest absolute Gasteiger partial charge is 0.387 e. The average molecular weight is 239 g/mol. The van der Waals surface area contributed by atoms with Crippen molar-refractivity contribution in [2.45, 2.75) is 65.3 Å². The Hall–Kier alpha value is -0.570. The fourth-order valence-corrected chi connectivity index (χ4v) is 2.55. The van der Waals surface area contributed by atoms with Crippen LogP contribution in [-0.2, 0) is 0 Å². The predicted molar refractivity (Wildman–Crippen MR) is 74.4 cm³/mol. The van der Waals surface area contributed by atoms with Crippen molar-refractivity contribution in [3.63, 3.8) is 0 Å². The maximum Gasteiger partial charge on any atom is 0.0963 e. The molecule has 0 bridgehead atoms. The van der Waals surface area contributed by atoms with Gasteiger partial charge in [-0.15, -0.1) is 0 Å². The maximum absolute atomic E-state index is 7.61. The highest BCUT2D eigenvalue weighted by molar-refractivity contribution is 5.82. The number of amidine groups is 1. The van der Waals surface area contributed by atoms with E-state index < -0.39 is 0 Å². The van der Waals surface area contributed by atoms with Crippen LogP contribution in [0, 0.1) is 10.8 Å². The second-order valence-electron chi connectivity index (χ2n) is 5.99. The number of nitrogens with zero attached hydrogens (tertiary/aromatic N) is 1. The first kappa shape index (κ1) is 14.5. The quantitative estimate of drug-likeness (QED) is 0.572. The molecule has 3 heteroatoms. The molecule has 100 valence electrons. The molecule has 0 saturated carbocycles. The second kappa shape index (κ2) is 6.39. The van der Waals surface area contributed by atoms with Gasteiger partial charge in [-0.25, -0.2) is 0 Å². The molecule has 1 rings (SSSR count). The molecule has 1 unspecified atom stereocenters. The molecule has 1 saturated heterocycles. The summed E-state index contributed by atoms with van der Waals surface area (Å²) < 4.78 is 0. The molecular weight excluding hydrogens is 210 g/mol. The van der Waals surface area contributed by atoms with E-state index in [0.29, 0.717) is 5.84 Å². The number of hydrogen-bond donors (Lipinski definition) is 2. The molecule has 0 aromatic rings. The Labute approximate surface area is 106 Å². The van der Waals surface area contributed by atoms with Crippen molar-refractivity contribution in [3.05, 3.63) is 0 Å². The molecule has 1 aliphatic rings. The first-order valence-corrected chi connectivity index (χ1v) is 7.06. The van der Waals surface area contributed by atoms with E-state index in [1.807, 2.05) is 0 Å². The van der Waals surface area contributed by atoms with Crippen LogP contribution in [0.1, 0.15) is 59.3 Å². The number of likely N-dealkylation sites (tertiary alicyclic amines) is 1. The third-order valence-corrected chi connectivity index (χ3v) is 4.22. The molecule has 0 aromatic carbocycles. The molecule has 0 radical (unpaired) electrons. The average Bonchev–Trinajstić information content (AvgIpc) is 2.50. The Morgan fingerprint density at radius 3 is 2.65 bits per heavy atom. The van der Waals surface area contributed by atoms with Crippen LogP contribution in [0.15, 0.2) is 0 Å². The van der Waals surface area contributed by atoms with E-state index in [0.717, 1.165) is 19.0 Å². The van der Waals surface area contributed by atoms with Gasteiger partial charge in [-0.2, -0.15) is 0 Å².